The topological polar surface area (TPSA) is 91.9 Å². The fourth-order valence-electron chi connectivity index (χ4n) is 5.37. The highest BCUT2D eigenvalue weighted by Crippen LogP contribution is 2.41. The Morgan fingerprint density at radius 2 is 1.86 bits per heavy atom. The van der Waals surface area contributed by atoms with Crippen LogP contribution >= 0.6 is 0 Å². The van der Waals surface area contributed by atoms with Gasteiger partial charge in [0.15, 0.2) is 0 Å². The second-order valence-corrected chi connectivity index (χ2v) is 9.86. The molecule has 2 aliphatic heterocycles. The van der Waals surface area contributed by atoms with Gasteiger partial charge in [0, 0.05) is 36.1 Å². The van der Waals surface area contributed by atoms with Gasteiger partial charge in [-0.25, -0.2) is 4.79 Å². The summed E-state index contributed by atoms with van der Waals surface area (Å²) in [7, 11) is 1.62. The number of hydrogen-bond acceptors (Lipinski definition) is 5. The molecule has 0 unspecified atom stereocenters. The summed E-state index contributed by atoms with van der Waals surface area (Å²) in [4.78, 5) is 29.0. The lowest BCUT2D eigenvalue weighted by molar-refractivity contribution is -0.128. The summed E-state index contributed by atoms with van der Waals surface area (Å²) < 4.78 is 11.6. The molecule has 0 radical (unpaired) electrons. The standard InChI is InChI=1S/C27H34N4O4/c1-17-7-8-19(13-24(17)34-3)29-25(32)27(11-5-4-6-12-27)31-16-21-18(2)23(35-20-14-28-15-20)10-9-22(21)30-26(31)33/h7-10,13,20,28H,4-6,11-12,14-16H2,1-3H3,(H,29,32)(H,30,33). The third-order valence-corrected chi connectivity index (χ3v) is 7.68. The number of nitrogens with one attached hydrogen (secondary N) is 3. The highest BCUT2D eigenvalue weighted by atomic mass is 16.5. The molecule has 35 heavy (non-hydrogen) atoms. The van der Waals surface area contributed by atoms with E-state index in [1.54, 1.807) is 12.0 Å². The highest BCUT2D eigenvalue weighted by molar-refractivity contribution is 6.03. The molecule has 2 aromatic carbocycles. The molecule has 2 aromatic rings. The van der Waals surface area contributed by atoms with Crippen LogP contribution in [0.15, 0.2) is 30.3 Å². The van der Waals surface area contributed by atoms with Gasteiger partial charge >= 0.3 is 6.03 Å². The van der Waals surface area contributed by atoms with Gasteiger partial charge < -0.3 is 30.3 Å². The van der Waals surface area contributed by atoms with Crippen LogP contribution in [0.4, 0.5) is 16.2 Å². The average molecular weight is 479 g/mol. The van der Waals surface area contributed by atoms with E-state index in [1.165, 1.54) is 0 Å². The average Bonchev–Trinajstić information content (AvgIpc) is 2.83. The van der Waals surface area contributed by atoms with Gasteiger partial charge in [-0.1, -0.05) is 25.3 Å². The van der Waals surface area contributed by atoms with Gasteiger partial charge in [-0.3, -0.25) is 4.79 Å². The summed E-state index contributed by atoms with van der Waals surface area (Å²) in [5.41, 5.74) is 3.55. The van der Waals surface area contributed by atoms with Gasteiger partial charge in [-0.15, -0.1) is 0 Å². The van der Waals surface area contributed by atoms with Crippen molar-refractivity contribution in [1.82, 2.24) is 10.2 Å². The molecule has 0 aromatic heterocycles. The van der Waals surface area contributed by atoms with E-state index in [-0.39, 0.29) is 18.0 Å². The minimum absolute atomic E-state index is 0.146. The first kappa shape index (κ1) is 23.5. The number of aryl methyl sites for hydroxylation is 1. The summed E-state index contributed by atoms with van der Waals surface area (Å²) in [6.07, 6.45) is 4.30. The van der Waals surface area contributed by atoms with Crippen LogP contribution in [0.1, 0.15) is 48.8 Å². The van der Waals surface area contributed by atoms with Crippen molar-refractivity contribution < 1.29 is 19.1 Å². The van der Waals surface area contributed by atoms with Crippen LogP contribution in [-0.2, 0) is 11.3 Å². The SMILES string of the molecule is COc1cc(NC(=O)C2(N3Cc4c(ccc(OC5CNC5)c4C)NC3=O)CCCCC2)ccc1C. The van der Waals surface area contributed by atoms with Gasteiger partial charge in [0.25, 0.3) is 0 Å². The van der Waals surface area contributed by atoms with Crippen LogP contribution in [0.25, 0.3) is 0 Å². The molecule has 5 rings (SSSR count). The Kier molecular flexibility index (Phi) is 6.32. The van der Waals surface area contributed by atoms with Gasteiger partial charge in [0.1, 0.15) is 23.1 Å². The molecule has 2 heterocycles. The first-order valence-corrected chi connectivity index (χ1v) is 12.5. The van der Waals surface area contributed by atoms with Crippen LogP contribution in [0.5, 0.6) is 11.5 Å². The van der Waals surface area contributed by atoms with E-state index in [9.17, 15) is 9.59 Å². The van der Waals surface area contributed by atoms with E-state index in [2.05, 4.69) is 16.0 Å². The quantitative estimate of drug-likeness (QED) is 0.574. The molecular formula is C27H34N4O4. The lowest BCUT2D eigenvalue weighted by atomic mass is 9.78. The van der Waals surface area contributed by atoms with E-state index in [0.717, 1.165) is 66.2 Å². The zero-order chi connectivity index (χ0) is 24.6. The Labute approximate surface area is 206 Å². The third-order valence-electron chi connectivity index (χ3n) is 7.68. The molecule has 0 atom stereocenters. The minimum Gasteiger partial charge on any atom is -0.496 e. The Morgan fingerprint density at radius 3 is 2.54 bits per heavy atom. The van der Waals surface area contributed by atoms with Gasteiger partial charge in [0.05, 0.1) is 13.7 Å². The molecule has 3 amide bonds. The highest BCUT2D eigenvalue weighted by Gasteiger charge is 2.48. The second kappa shape index (κ2) is 9.41. The van der Waals surface area contributed by atoms with Crippen LogP contribution in [0, 0.1) is 13.8 Å². The van der Waals surface area contributed by atoms with Crippen molar-refractivity contribution in [2.75, 3.05) is 30.8 Å². The maximum absolute atomic E-state index is 13.9. The summed E-state index contributed by atoms with van der Waals surface area (Å²) >= 11 is 0. The lowest BCUT2D eigenvalue weighted by Crippen LogP contribution is -2.61. The Morgan fingerprint density at radius 1 is 1.09 bits per heavy atom. The van der Waals surface area contributed by atoms with Gasteiger partial charge in [-0.05, 0) is 56.0 Å². The maximum Gasteiger partial charge on any atom is 0.323 e. The third kappa shape index (κ3) is 4.31. The zero-order valence-corrected chi connectivity index (χ0v) is 20.7. The summed E-state index contributed by atoms with van der Waals surface area (Å²) in [6.45, 7) is 6.04. The van der Waals surface area contributed by atoms with E-state index in [4.69, 9.17) is 9.47 Å². The number of urea groups is 1. The number of nitrogens with zero attached hydrogens (tertiary/aromatic N) is 1. The number of fused-ring (bicyclic) bond motifs is 1. The van der Waals surface area contributed by atoms with E-state index < -0.39 is 5.54 Å². The number of benzene rings is 2. The predicted octanol–water partition coefficient (Wildman–Crippen LogP) is 4.35. The Balaban J connectivity index is 1.45. The first-order valence-electron chi connectivity index (χ1n) is 12.5. The molecular weight excluding hydrogens is 444 g/mol. The van der Waals surface area contributed by atoms with Crippen molar-refractivity contribution >= 4 is 23.3 Å². The first-order chi connectivity index (χ1) is 16.9. The van der Waals surface area contributed by atoms with Crippen molar-refractivity contribution in [3.8, 4) is 11.5 Å². The van der Waals surface area contributed by atoms with Crippen LogP contribution < -0.4 is 25.4 Å². The molecule has 8 heteroatoms. The zero-order valence-electron chi connectivity index (χ0n) is 20.7. The van der Waals surface area contributed by atoms with E-state index in [1.807, 2.05) is 44.2 Å². The molecule has 186 valence electrons. The summed E-state index contributed by atoms with van der Waals surface area (Å²) in [6, 6.07) is 9.24. The largest absolute Gasteiger partial charge is 0.496 e. The Bertz CT molecular complexity index is 1140. The van der Waals surface area contributed by atoms with Crippen molar-refractivity contribution in [2.24, 2.45) is 0 Å². The van der Waals surface area contributed by atoms with Crippen molar-refractivity contribution in [3.05, 3.63) is 47.0 Å². The molecule has 3 aliphatic rings. The molecule has 1 aliphatic carbocycles. The molecule has 1 saturated heterocycles. The van der Waals surface area contributed by atoms with Gasteiger partial charge in [0.2, 0.25) is 5.91 Å². The fourth-order valence-corrected chi connectivity index (χ4v) is 5.37. The second-order valence-electron chi connectivity index (χ2n) is 9.86. The van der Waals surface area contributed by atoms with Crippen molar-refractivity contribution in [3.63, 3.8) is 0 Å². The van der Waals surface area contributed by atoms with Crippen LogP contribution in [-0.4, -0.2) is 48.7 Å². The molecule has 2 fully saturated rings. The Hall–Kier alpha value is -3.26. The number of carbonyl (C=O) groups excluding carboxylic acids is 2. The number of ether oxygens (including phenoxy) is 2. The smallest absolute Gasteiger partial charge is 0.323 e. The van der Waals surface area contributed by atoms with Crippen LogP contribution in [0.2, 0.25) is 0 Å². The van der Waals surface area contributed by atoms with Crippen molar-refractivity contribution in [2.45, 2.75) is 64.1 Å². The maximum atomic E-state index is 13.9. The minimum atomic E-state index is -0.917. The molecule has 0 bridgehead atoms. The van der Waals surface area contributed by atoms with Gasteiger partial charge in [-0.2, -0.15) is 0 Å². The number of rotatable bonds is 6. The van der Waals surface area contributed by atoms with Crippen LogP contribution in [0.3, 0.4) is 0 Å². The number of methoxy groups -OCH3 is 1. The summed E-state index contributed by atoms with van der Waals surface area (Å²) in [5.74, 6) is 1.41. The lowest BCUT2D eigenvalue weighted by Gasteiger charge is -2.47. The molecule has 3 N–H and O–H groups in total. The number of amides is 3. The number of hydrogen-bond donors (Lipinski definition) is 3. The van der Waals surface area contributed by atoms with E-state index in [0.29, 0.717) is 25.1 Å². The normalized spacial score (nSPS) is 19.3. The van der Waals surface area contributed by atoms with E-state index >= 15 is 0 Å². The number of carbonyl (C=O) groups is 2. The monoisotopic (exact) mass is 478 g/mol. The molecule has 1 saturated carbocycles. The molecule has 0 spiro atoms. The summed E-state index contributed by atoms with van der Waals surface area (Å²) in [5, 5.41) is 9.36. The fraction of sp³-hybridized carbons (Fsp3) is 0.481. The van der Waals surface area contributed by atoms with Crippen molar-refractivity contribution in [1.29, 1.82) is 0 Å². The molecule has 8 nitrogen and oxygen atoms in total. The number of anilines is 2. The predicted molar refractivity (Wildman–Crippen MR) is 135 cm³/mol.